The summed E-state index contributed by atoms with van der Waals surface area (Å²) >= 11 is 0. The van der Waals surface area contributed by atoms with Crippen LogP contribution in [-0.2, 0) is 16.1 Å². The van der Waals surface area contributed by atoms with E-state index in [0.29, 0.717) is 12.2 Å². The average molecular weight is 351 g/mol. The molecule has 1 aliphatic rings. The van der Waals surface area contributed by atoms with Crippen molar-refractivity contribution in [1.29, 1.82) is 0 Å². The molecule has 0 spiro atoms. The number of aromatic nitrogens is 2. The maximum absolute atomic E-state index is 12.2. The Morgan fingerprint density at radius 3 is 2.84 bits per heavy atom. The Balaban J connectivity index is 2.01. The van der Waals surface area contributed by atoms with E-state index >= 15 is 0 Å². The number of nitrogens with zero attached hydrogens (tertiary/aromatic N) is 3. The summed E-state index contributed by atoms with van der Waals surface area (Å²) < 4.78 is 1.35. The van der Waals surface area contributed by atoms with Crippen LogP contribution in [0.2, 0.25) is 0 Å². The normalized spacial score (nSPS) is 17.1. The third-order valence-corrected chi connectivity index (χ3v) is 3.89. The maximum atomic E-state index is 12.2. The van der Waals surface area contributed by atoms with Crippen LogP contribution in [0.5, 0.6) is 0 Å². The number of nitro groups is 1. The van der Waals surface area contributed by atoms with Crippen LogP contribution in [0.15, 0.2) is 17.5 Å². The number of carbonyl (C=O) groups excluding carboxylic acids is 2. The molecule has 0 saturated carbocycles. The lowest BCUT2D eigenvalue weighted by molar-refractivity contribution is -0.392. The van der Waals surface area contributed by atoms with Crippen LogP contribution in [0.4, 0.5) is 5.82 Å². The molecule has 0 fully saturated rings. The maximum Gasteiger partial charge on any atom is 0.342 e. The first-order chi connectivity index (χ1) is 11.7. The SMILES string of the molecule is Cc1ncc([N+](=O)[O-])n1CCNC(=O)C1=C(O)C(CC(C)C)NC1=O. The van der Waals surface area contributed by atoms with Gasteiger partial charge in [0.15, 0.2) is 5.82 Å². The van der Waals surface area contributed by atoms with E-state index < -0.39 is 22.8 Å². The lowest BCUT2D eigenvalue weighted by atomic mass is 10.0. The fraction of sp³-hybridized carbons (Fsp3) is 0.533. The molecular formula is C15H21N5O5. The molecular weight excluding hydrogens is 330 g/mol. The molecule has 1 aromatic heterocycles. The van der Waals surface area contributed by atoms with Crippen LogP contribution in [-0.4, -0.2) is 44.0 Å². The van der Waals surface area contributed by atoms with Gasteiger partial charge in [0.25, 0.3) is 11.8 Å². The Bertz CT molecular complexity index is 737. The fourth-order valence-electron chi connectivity index (χ4n) is 2.70. The second kappa shape index (κ2) is 7.32. The van der Waals surface area contributed by atoms with Crippen molar-refractivity contribution in [3.05, 3.63) is 33.5 Å². The van der Waals surface area contributed by atoms with Gasteiger partial charge in [-0.25, -0.2) is 9.55 Å². The fourth-order valence-corrected chi connectivity index (χ4v) is 2.70. The summed E-state index contributed by atoms with van der Waals surface area (Å²) in [5.41, 5.74) is -0.303. The number of aliphatic hydroxyl groups is 1. The quantitative estimate of drug-likeness (QED) is 0.373. The highest BCUT2D eigenvalue weighted by Gasteiger charge is 2.36. The highest BCUT2D eigenvalue weighted by Crippen LogP contribution is 2.20. The van der Waals surface area contributed by atoms with Crippen molar-refractivity contribution in [2.24, 2.45) is 5.92 Å². The molecule has 25 heavy (non-hydrogen) atoms. The molecule has 0 radical (unpaired) electrons. The molecule has 1 aromatic rings. The Morgan fingerprint density at radius 1 is 1.56 bits per heavy atom. The summed E-state index contributed by atoms with van der Waals surface area (Å²) in [4.78, 5) is 38.3. The third-order valence-electron chi connectivity index (χ3n) is 3.89. The van der Waals surface area contributed by atoms with E-state index in [-0.39, 0.29) is 36.2 Å². The van der Waals surface area contributed by atoms with E-state index in [9.17, 15) is 24.8 Å². The van der Waals surface area contributed by atoms with Crippen LogP contribution in [0.25, 0.3) is 0 Å². The van der Waals surface area contributed by atoms with Gasteiger partial charge >= 0.3 is 5.82 Å². The van der Waals surface area contributed by atoms with Crippen LogP contribution in [0.1, 0.15) is 26.1 Å². The van der Waals surface area contributed by atoms with Crippen molar-refractivity contribution in [2.45, 2.75) is 39.8 Å². The Morgan fingerprint density at radius 2 is 2.24 bits per heavy atom. The van der Waals surface area contributed by atoms with Crippen LogP contribution in [0.3, 0.4) is 0 Å². The molecule has 1 unspecified atom stereocenters. The molecule has 3 N–H and O–H groups in total. The second-order valence-electron chi connectivity index (χ2n) is 6.24. The van der Waals surface area contributed by atoms with E-state index in [1.165, 1.54) is 4.57 Å². The molecule has 0 saturated heterocycles. The van der Waals surface area contributed by atoms with Gasteiger partial charge in [-0.3, -0.25) is 9.59 Å². The number of aryl methyl sites for hydroxylation is 1. The molecule has 2 rings (SSSR count). The topological polar surface area (TPSA) is 139 Å². The smallest absolute Gasteiger partial charge is 0.342 e. The van der Waals surface area contributed by atoms with Gasteiger partial charge in [0.05, 0.1) is 12.6 Å². The first kappa shape index (κ1) is 18.4. The van der Waals surface area contributed by atoms with Gasteiger partial charge in [-0.2, -0.15) is 0 Å². The first-order valence-corrected chi connectivity index (χ1v) is 7.91. The average Bonchev–Trinajstić information content (AvgIpc) is 2.99. The molecule has 10 heteroatoms. The van der Waals surface area contributed by atoms with Gasteiger partial charge in [0.1, 0.15) is 24.1 Å². The largest absolute Gasteiger partial charge is 0.509 e. The number of aliphatic hydroxyl groups excluding tert-OH is 1. The van der Waals surface area contributed by atoms with Crippen molar-refractivity contribution in [3.63, 3.8) is 0 Å². The van der Waals surface area contributed by atoms with Gasteiger partial charge in [-0.1, -0.05) is 13.8 Å². The minimum atomic E-state index is -0.707. The zero-order valence-corrected chi connectivity index (χ0v) is 14.3. The van der Waals surface area contributed by atoms with Crippen molar-refractivity contribution < 1.29 is 19.6 Å². The number of nitrogens with one attached hydrogen (secondary N) is 2. The number of amides is 2. The van der Waals surface area contributed by atoms with E-state index in [2.05, 4.69) is 15.6 Å². The Labute approximate surface area is 144 Å². The number of hydrogen-bond donors (Lipinski definition) is 3. The summed E-state index contributed by atoms with van der Waals surface area (Å²) in [6, 6.07) is -0.565. The standard InChI is InChI=1S/C15H21N5O5/c1-8(2)6-10-13(21)12(15(23)18-10)14(22)16-4-5-19-9(3)17-7-11(19)20(24)25/h7-8,10,21H,4-6H2,1-3H3,(H,16,22)(H,18,23). The molecule has 2 heterocycles. The zero-order valence-electron chi connectivity index (χ0n) is 14.3. The predicted octanol–water partition coefficient (Wildman–Crippen LogP) is 0.573. The van der Waals surface area contributed by atoms with E-state index in [1.807, 2.05) is 13.8 Å². The number of hydrogen-bond acceptors (Lipinski definition) is 6. The van der Waals surface area contributed by atoms with Crippen molar-refractivity contribution in [1.82, 2.24) is 20.2 Å². The minimum Gasteiger partial charge on any atom is -0.509 e. The Kier molecular flexibility index (Phi) is 5.40. The summed E-state index contributed by atoms with van der Waals surface area (Å²) in [6.07, 6.45) is 1.67. The van der Waals surface area contributed by atoms with Crippen molar-refractivity contribution in [2.75, 3.05) is 6.54 Å². The Hall–Kier alpha value is -2.91. The van der Waals surface area contributed by atoms with Crippen molar-refractivity contribution >= 4 is 17.6 Å². The third kappa shape index (κ3) is 3.95. The van der Waals surface area contributed by atoms with Gasteiger partial charge in [0.2, 0.25) is 0 Å². The summed E-state index contributed by atoms with van der Waals surface area (Å²) in [5.74, 6) is -1.09. The zero-order chi connectivity index (χ0) is 18.7. The molecule has 1 aliphatic heterocycles. The molecule has 2 amide bonds. The first-order valence-electron chi connectivity index (χ1n) is 7.91. The monoisotopic (exact) mass is 351 g/mol. The molecule has 0 aliphatic carbocycles. The minimum absolute atomic E-state index is 0.0514. The lowest BCUT2D eigenvalue weighted by Gasteiger charge is -2.12. The predicted molar refractivity (Wildman–Crippen MR) is 87.7 cm³/mol. The summed E-state index contributed by atoms with van der Waals surface area (Å²) in [5, 5.41) is 26.1. The number of carbonyl (C=O) groups is 2. The van der Waals surface area contributed by atoms with E-state index in [4.69, 9.17) is 0 Å². The highest BCUT2D eigenvalue weighted by atomic mass is 16.6. The van der Waals surface area contributed by atoms with Crippen LogP contribution in [0, 0.1) is 23.0 Å². The van der Waals surface area contributed by atoms with E-state index in [0.717, 1.165) is 6.20 Å². The van der Waals surface area contributed by atoms with Crippen LogP contribution >= 0.6 is 0 Å². The second-order valence-corrected chi connectivity index (χ2v) is 6.24. The van der Waals surface area contributed by atoms with E-state index in [1.54, 1.807) is 6.92 Å². The van der Waals surface area contributed by atoms with Gasteiger partial charge in [0, 0.05) is 6.92 Å². The molecule has 0 aromatic carbocycles. The van der Waals surface area contributed by atoms with Gasteiger partial charge in [-0.15, -0.1) is 0 Å². The molecule has 0 bridgehead atoms. The molecule has 136 valence electrons. The van der Waals surface area contributed by atoms with Crippen LogP contribution < -0.4 is 10.6 Å². The highest BCUT2D eigenvalue weighted by molar-refractivity contribution is 6.20. The molecule has 10 nitrogen and oxygen atoms in total. The summed E-state index contributed by atoms with van der Waals surface area (Å²) in [7, 11) is 0. The lowest BCUT2D eigenvalue weighted by Crippen LogP contribution is -2.34. The van der Waals surface area contributed by atoms with Crippen molar-refractivity contribution in [3.8, 4) is 0 Å². The number of imidazole rings is 1. The van der Waals surface area contributed by atoms with Gasteiger partial charge < -0.3 is 25.9 Å². The molecule has 1 atom stereocenters. The summed E-state index contributed by atoms with van der Waals surface area (Å²) in [6.45, 7) is 5.68. The number of rotatable bonds is 7. The van der Waals surface area contributed by atoms with Gasteiger partial charge in [-0.05, 0) is 17.3 Å².